The van der Waals surface area contributed by atoms with Gasteiger partial charge in [-0.15, -0.1) is 0 Å². The van der Waals surface area contributed by atoms with Gasteiger partial charge in [-0.2, -0.15) is 10.2 Å². The number of carbonyl (C=O) groups is 1. The number of carbonyl (C=O) groups excluding carboxylic acids is 1. The minimum atomic E-state index is 0.0525. The predicted octanol–water partition coefficient (Wildman–Crippen LogP) is 3.14. The number of hydrogen-bond donors (Lipinski definition) is 1. The van der Waals surface area contributed by atoms with E-state index in [0.717, 1.165) is 54.1 Å². The quantitative estimate of drug-likeness (QED) is 0.472. The maximum atomic E-state index is 12.1. The van der Waals surface area contributed by atoms with E-state index in [9.17, 15) is 4.79 Å². The van der Waals surface area contributed by atoms with Gasteiger partial charge in [-0.05, 0) is 43.5 Å². The van der Waals surface area contributed by atoms with Gasteiger partial charge in [0, 0.05) is 43.5 Å². The molecule has 4 aromatic rings. The molecule has 1 aliphatic carbocycles. The first-order chi connectivity index (χ1) is 16.2. The molecule has 33 heavy (non-hydrogen) atoms. The predicted molar refractivity (Wildman–Crippen MR) is 124 cm³/mol. The molecule has 1 aliphatic heterocycles. The van der Waals surface area contributed by atoms with Gasteiger partial charge in [-0.1, -0.05) is 6.07 Å². The molecule has 0 spiro atoms. The molecule has 6 rings (SSSR count). The summed E-state index contributed by atoms with van der Waals surface area (Å²) in [6.45, 7) is 1.56. The van der Waals surface area contributed by atoms with E-state index in [1.807, 2.05) is 60.5 Å². The molecule has 4 aromatic heterocycles. The molecule has 9 nitrogen and oxygen atoms in total. The number of nitrogens with zero attached hydrogens (tertiary/aromatic N) is 6. The highest BCUT2D eigenvalue weighted by Crippen LogP contribution is 2.33. The third kappa shape index (κ3) is 3.79. The van der Waals surface area contributed by atoms with Crippen molar-refractivity contribution < 1.29 is 9.53 Å². The maximum Gasteiger partial charge on any atom is 0.228 e. The van der Waals surface area contributed by atoms with Crippen LogP contribution >= 0.6 is 0 Å². The second-order valence-electron chi connectivity index (χ2n) is 8.69. The van der Waals surface area contributed by atoms with Crippen LogP contribution in [-0.2, 0) is 11.8 Å². The molecule has 1 amide bonds. The molecule has 5 heterocycles. The lowest BCUT2D eigenvalue weighted by Crippen LogP contribution is -2.51. The van der Waals surface area contributed by atoms with E-state index in [1.54, 1.807) is 10.7 Å². The van der Waals surface area contributed by atoms with Gasteiger partial charge in [0.15, 0.2) is 11.6 Å². The first kappa shape index (κ1) is 19.8. The van der Waals surface area contributed by atoms with Crippen LogP contribution in [0.2, 0.25) is 0 Å². The van der Waals surface area contributed by atoms with Gasteiger partial charge in [-0.25, -0.2) is 9.50 Å². The van der Waals surface area contributed by atoms with Crippen molar-refractivity contribution in [2.45, 2.75) is 25.3 Å². The van der Waals surface area contributed by atoms with Gasteiger partial charge in [0.25, 0.3) is 0 Å². The average Bonchev–Trinajstić information content (AvgIpc) is 3.48. The highest BCUT2D eigenvalue weighted by Gasteiger charge is 2.31. The van der Waals surface area contributed by atoms with Crippen LogP contribution in [-0.4, -0.2) is 49.5 Å². The van der Waals surface area contributed by atoms with E-state index in [-0.39, 0.29) is 11.8 Å². The Hall–Kier alpha value is -3.88. The van der Waals surface area contributed by atoms with Crippen LogP contribution in [0.15, 0.2) is 55.0 Å². The van der Waals surface area contributed by atoms with Gasteiger partial charge < -0.3 is 15.0 Å². The minimum absolute atomic E-state index is 0.0525. The lowest BCUT2D eigenvalue weighted by Gasteiger charge is -2.41. The van der Waals surface area contributed by atoms with Gasteiger partial charge in [0.05, 0.1) is 17.8 Å². The summed E-state index contributed by atoms with van der Waals surface area (Å²) in [5.41, 5.74) is 2.78. The average molecular weight is 444 g/mol. The summed E-state index contributed by atoms with van der Waals surface area (Å²) in [7, 11) is 1.91. The van der Waals surface area contributed by atoms with Crippen LogP contribution in [0.25, 0.3) is 16.8 Å². The largest absolute Gasteiger partial charge is 0.487 e. The van der Waals surface area contributed by atoms with E-state index in [1.165, 1.54) is 0 Å². The van der Waals surface area contributed by atoms with E-state index in [2.05, 4.69) is 25.4 Å². The Labute approximate surface area is 191 Å². The van der Waals surface area contributed by atoms with Crippen LogP contribution in [0, 0.1) is 5.92 Å². The summed E-state index contributed by atoms with van der Waals surface area (Å²) in [5.74, 6) is 2.50. The Morgan fingerprint density at radius 1 is 1.21 bits per heavy atom. The number of fused-ring (bicyclic) bond motifs is 1. The van der Waals surface area contributed by atoms with Crippen LogP contribution in [0.1, 0.15) is 19.3 Å². The fraction of sp³-hybridized carbons (Fsp3) is 0.333. The topological polar surface area (TPSA) is 89.6 Å². The van der Waals surface area contributed by atoms with Crippen molar-refractivity contribution in [2.75, 3.05) is 23.4 Å². The Balaban J connectivity index is 1.20. The van der Waals surface area contributed by atoms with Crippen LogP contribution in [0.5, 0.6) is 5.75 Å². The molecule has 2 fully saturated rings. The SMILES string of the molecule is Cn1ncc(OC[C@H]2CCN2c2ccccn2)c1-c1ccn2nc(NC(=O)C3CC3)cc2c1. The van der Waals surface area contributed by atoms with Gasteiger partial charge in [0.2, 0.25) is 5.91 Å². The van der Waals surface area contributed by atoms with Crippen LogP contribution in [0.3, 0.4) is 0 Å². The standard InChI is InChI=1S/C24H25N7O2/c1-29-23(17-7-11-31-19(12-17)13-21(28-31)27-24(32)16-5-6-16)20(14-26-29)33-15-18-8-10-30(18)22-4-2-3-9-25-22/h2-4,7,9,11-14,16,18H,5-6,8,10,15H2,1H3,(H,27,28,32)/t18-/m1/s1. The van der Waals surface area contributed by atoms with Crippen molar-refractivity contribution in [3.05, 3.63) is 55.0 Å². The molecule has 1 saturated carbocycles. The summed E-state index contributed by atoms with van der Waals surface area (Å²) in [5, 5.41) is 11.8. The molecule has 0 bridgehead atoms. The van der Waals surface area contributed by atoms with E-state index in [0.29, 0.717) is 18.5 Å². The van der Waals surface area contributed by atoms with Crippen molar-refractivity contribution in [2.24, 2.45) is 13.0 Å². The summed E-state index contributed by atoms with van der Waals surface area (Å²) >= 11 is 0. The van der Waals surface area contributed by atoms with E-state index < -0.39 is 0 Å². The Morgan fingerprint density at radius 2 is 2.12 bits per heavy atom. The van der Waals surface area contributed by atoms with Gasteiger partial charge >= 0.3 is 0 Å². The normalized spacial score (nSPS) is 17.7. The molecule has 0 unspecified atom stereocenters. The van der Waals surface area contributed by atoms with Crippen molar-refractivity contribution in [1.82, 2.24) is 24.4 Å². The third-order valence-electron chi connectivity index (χ3n) is 6.36. The first-order valence-corrected chi connectivity index (χ1v) is 11.3. The second kappa shape index (κ2) is 7.91. The van der Waals surface area contributed by atoms with Crippen LogP contribution < -0.4 is 15.0 Å². The highest BCUT2D eigenvalue weighted by molar-refractivity contribution is 5.93. The minimum Gasteiger partial charge on any atom is -0.487 e. The molecule has 0 radical (unpaired) electrons. The highest BCUT2D eigenvalue weighted by atomic mass is 16.5. The monoisotopic (exact) mass is 443 g/mol. The fourth-order valence-electron chi connectivity index (χ4n) is 4.25. The summed E-state index contributed by atoms with van der Waals surface area (Å²) in [6, 6.07) is 12.2. The molecule has 168 valence electrons. The number of rotatable bonds is 7. The van der Waals surface area contributed by atoms with Crippen molar-refractivity contribution in [1.29, 1.82) is 0 Å². The molecular formula is C24H25N7O2. The molecule has 1 atom stereocenters. The second-order valence-corrected chi connectivity index (χ2v) is 8.69. The lowest BCUT2D eigenvalue weighted by molar-refractivity contribution is -0.117. The zero-order chi connectivity index (χ0) is 22.4. The number of aryl methyl sites for hydroxylation is 1. The van der Waals surface area contributed by atoms with Crippen molar-refractivity contribution in [3.8, 4) is 17.0 Å². The summed E-state index contributed by atoms with van der Waals surface area (Å²) in [4.78, 5) is 18.8. The smallest absolute Gasteiger partial charge is 0.228 e. The molecule has 0 aromatic carbocycles. The van der Waals surface area contributed by atoms with Crippen LogP contribution in [0.4, 0.5) is 11.6 Å². The van der Waals surface area contributed by atoms with Crippen molar-refractivity contribution >= 4 is 23.1 Å². The molecule has 1 N–H and O–H groups in total. The molecule has 9 heteroatoms. The Kier molecular flexibility index (Phi) is 4.74. The third-order valence-corrected chi connectivity index (χ3v) is 6.36. The zero-order valence-electron chi connectivity index (χ0n) is 18.4. The number of pyridine rings is 2. The molecular weight excluding hydrogens is 418 g/mol. The Bertz CT molecular complexity index is 1310. The van der Waals surface area contributed by atoms with E-state index in [4.69, 9.17) is 4.74 Å². The van der Waals surface area contributed by atoms with Crippen molar-refractivity contribution in [3.63, 3.8) is 0 Å². The number of ether oxygens (including phenoxy) is 1. The number of aromatic nitrogens is 5. The molecule has 1 saturated heterocycles. The van der Waals surface area contributed by atoms with E-state index >= 15 is 0 Å². The number of hydrogen-bond acceptors (Lipinski definition) is 6. The van der Waals surface area contributed by atoms with Gasteiger partial charge in [-0.3, -0.25) is 9.48 Å². The number of nitrogens with one attached hydrogen (secondary N) is 1. The first-order valence-electron chi connectivity index (χ1n) is 11.3. The number of amides is 1. The maximum absolute atomic E-state index is 12.1. The molecule has 2 aliphatic rings. The summed E-state index contributed by atoms with van der Waals surface area (Å²) in [6.07, 6.45) is 8.48. The lowest BCUT2D eigenvalue weighted by atomic mass is 10.0. The summed E-state index contributed by atoms with van der Waals surface area (Å²) < 4.78 is 9.83. The zero-order valence-corrected chi connectivity index (χ0v) is 18.4. The Morgan fingerprint density at radius 3 is 2.88 bits per heavy atom. The number of anilines is 2. The van der Waals surface area contributed by atoms with Gasteiger partial charge in [0.1, 0.15) is 18.1 Å². The fourth-order valence-corrected chi connectivity index (χ4v) is 4.25.